The Morgan fingerprint density at radius 3 is 2.21 bits per heavy atom. The molecule has 4 rings (SSSR count). The Labute approximate surface area is 201 Å². The van der Waals surface area contributed by atoms with E-state index in [4.69, 9.17) is 0 Å². The first-order valence-corrected chi connectivity index (χ1v) is 11.3. The fraction of sp³-hybridized carbons (Fsp3) is 0.0714. The first-order valence-electron chi connectivity index (χ1n) is 10.5. The maximum atomic E-state index is 12.7. The van der Waals surface area contributed by atoms with E-state index < -0.39 is 5.91 Å². The van der Waals surface area contributed by atoms with Crippen LogP contribution < -0.4 is 5.32 Å². The minimum atomic E-state index is -0.433. The van der Waals surface area contributed by atoms with E-state index in [0.717, 1.165) is 32.7 Å². The van der Waals surface area contributed by atoms with Crippen LogP contribution in [-0.4, -0.2) is 10.5 Å². The number of amides is 1. The van der Waals surface area contributed by atoms with E-state index in [1.165, 1.54) is 5.56 Å². The Hall–Kier alpha value is -3.88. The molecule has 0 bridgehead atoms. The van der Waals surface area contributed by atoms with Crippen molar-refractivity contribution in [1.29, 1.82) is 5.26 Å². The number of hydrogen-bond donors (Lipinski definition) is 1. The second kappa shape index (κ2) is 9.72. The third kappa shape index (κ3) is 4.97. The summed E-state index contributed by atoms with van der Waals surface area (Å²) in [4.78, 5) is 12.7. The van der Waals surface area contributed by atoms with E-state index in [1.807, 2.05) is 56.3 Å². The van der Waals surface area contributed by atoms with E-state index >= 15 is 0 Å². The van der Waals surface area contributed by atoms with Crippen LogP contribution in [0, 0.1) is 25.2 Å². The van der Waals surface area contributed by atoms with Gasteiger partial charge in [0.15, 0.2) is 0 Å². The molecule has 5 heteroatoms. The van der Waals surface area contributed by atoms with Gasteiger partial charge in [0, 0.05) is 27.2 Å². The summed E-state index contributed by atoms with van der Waals surface area (Å²) in [5.41, 5.74) is 6.86. The van der Waals surface area contributed by atoms with Crippen molar-refractivity contribution in [2.75, 3.05) is 5.32 Å². The third-order valence-electron chi connectivity index (χ3n) is 5.47. The Kier molecular flexibility index (Phi) is 6.58. The molecular weight excluding hydrogens is 474 g/mol. The molecule has 3 aromatic carbocycles. The molecule has 4 nitrogen and oxygen atoms in total. The number of aromatic nitrogens is 1. The van der Waals surface area contributed by atoms with Gasteiger partial charge in [-0.3, -0.25) is 4.79 Å². The van der Waals surface area contributed by atoms with Gasteiger partial charge in [0.05, 0.1) is 0 Å². The molecule has 0 fully saturated rings. The van der Waals surface area contributed by atoms with Crippen molar-refractivity contribution in [3.05, 3.63) is 112 Å². The van der Waals surface area contributed by atoms with Crippen molar-refractivity contribution in [3.8, 4) is 22.9 Å². The summed E-state index contributed by atoms with van der Waals surface area (Å²) in [5, 5.41) is 12.4. The number of benzene rings is 3. The number of nitrogens with zero attached hydrogens (tertiary/aromatic N) is 2. The van der Waals surface area contributed by atoms with Gasteiger partial charge in [-0.2, -0.15) is 5.26 Å². The summed E-state index contributed by atoms with van der Waals surface area (Å²) < 4.78 is 3.04. The van der Waals surface area contributed by atoms with Gasteiger partial charge in [-0.1, -0.05) is 58.4 Å². The highest BCUT2D eigenvalue weighted by molar-refractivity contribution is 9.10. The SMILES string of the molecule is Cc1cc(/C=C(\C#N)C(=O)Nc2ccc(Br)cc2)c(C)n1-c1ccc(-c2ccccc2)cc1. The van der Waals surface area contributed by atoms with Crippen LogP contribution >= 0.6 is 15.9 Å². The fourth-order valence-electron chi connectivity index (χ4n) is 3.80. The summed E-state index contributed by atoms with van der Waals surface area (Å²) in [5.74, 6) is -0.433. The van der Waals surface area contributed by atoms with Gasteiger partial charge in [-0.25, -0.2) is 0 Å². The first-order chi connectivity index (χ1) is 16.0. The van der Waals surface area contributed by atoms with Crippen molar-refractivity contribution >= 4 is 33.6 Å². The van der Waals surface area contributed by atoms with Gasteiger partial charge < -0.3 is 9.88 Å². The van der Waals surface area contributed by atoms with Crippen molar-refractivity contribution in [3.63, 3.8) is 0 Å². The van der Waals surface area contributed by atoms with E-state index in [-0.39, 0.29) is 5.57 Å². The molecule has 0 radical (unpaired) electrons. The van der Waals surface area contributed by atoms with Crippen LogP contribution in [0.2, 0.25) is 0 Å². The molecule has 0 aliphatic rings. The maximum absolute atomic E-state index is 12.7. The Balaban J connectivity index is 1.61. The molecule has 162 valence electrons. The summed E-state index contributed by atoms with van der Waals surface area (Å²) in [7, 11) is 0. The largest absolute Gasteiger partial charge is 0.321 e. The van der Waals surface area contributed by atoms with E-state index in [9.17, 15) is 10.1 Å². The molecule has 1 amide bonds. The molecule has 1 aromatic heterocycles. The highest BCUT2D eigenvalue weighted by atomic mass is 79.9. The standard InChI is InChI=1S/C28H22BrN3O/c1-19-16-23(17-24(18-30)28(33)31-26-12-10-25(29)11-13-26)20(2)32(19)27-14-8-22(9-15-27)21-6-4-3-5-7-21/h3-17H,1-2H3,(H,31,33)/b24-17+. The predicted octanol–water partition coefficient (Wildman–Crippen LogP) is 7.07. The number of hydrogen-bond acceptors (Lipinski definition) is 2. The van der Waals surface area contributed by atoms with E-state index in [1.54, 1.807) is 18.2 Å². The van der Waals surface area contributed by atoms with Crippen molar-refractivity contribution < 1.29 is 4.79 Å². The topological polar surface area (TPSA) is 57.8 Å². The van der Waals surface area contributed by atoms with Crippen LogP contribution in [0.25, 0.3) is 22.9 Å². The number of halogens is 1. The summed E-state index contributed by atoms with van der Waals surface area (Å²) in [6, 6.07) is 29.9. The Bertz CT molecular complexity index is 1360. The summed E-state index contributed by atoms with van der Waals surface area (Å²) in [6.45, 7) is 4.01. The Morgan fingerprint density at radius 2 is 1.58 bits per heavy atom. The molecule has 0 aliphatic carbocycles. The normalized spacial score (nSPS) is 11.2. The van der Waals surface area contributed by atoms with Crippen LogP contribution in [0.4, 0.5) is 5.69 Å². The van der Waals surface area contributed by atoms with Crippen molar-refractivity contribution in [2.24, 2.45) is 0 Å². The van der Waals surface area contributed by atoms with Gasteiger partial charge in [-0.05, 0) is 79.1 Å². The van der Waals surface area contributed by atoms with Gasteiger partial charge in [0.1, 0.15) is 11.6 Å². The molecule has 0 saturated heterocycles. The van der Waals surface area contributed by atoms with Gasteiger partial charge in [0.2, 0.25) is 0 Å². The molecule has 1 heterocycles. The van der Waals surface area contributed by atoms with E-state index in [2.05, 4.69) is 62.2 Å². The second-order valence-electron chi connectivity index (χ2n) is 7.71. The summed E-state index contributed by atoms with van der Waals surface area (Å²) in [6.07, 6.45) is 1.64. The minimum Gasteiger partial charge on any atom is -0.321 e. The first kappa shape index (κ1) is 22.3. The quantitative estimate of drug-likeness (QED) is 0.237. The predicted molar refractivity (Wildman–Crippen MR) is 137 cm³/mol. The lowest BCUT2D eigenvalue weighted by Gasteiger charge is -2.11. The fourth-order valence-corrected chi connectivity index (χ4v) is 4.06. The number of anilines is 1. The molecule has 4 aromatic rings. The molecule has 0 atom stereocenters. The highest BCUT2D eigenvalue weighted by Gasteiger charge is 2.14. The highest BCUT2D eigenvalue weighted by Crippen LogP contribution is 2.26. The monoisotopic (exact) mass is 495 g/mol. The lowest BCUT2D eigenvalue weighted by Crippen LogP contribution is -2.13. The lowest BCUT2D eigenvalue weighted by molar-refractivity contribution is -0.112. The third-order valence-corrected chi connectivity index (χ3v) is 6.00. The van der Waals surface area contributed by atoms with Crippen LogP contribution in [0.5, 0.6) is 0 Å². The maximum Gasteiger partial charge on any atom is 0.266 e. The van der Waals surface area contributed by atoms with Crippen LogP contribution in [-0.2, 0) is 4.79 Å². The van der Waals surface area contributed by atoms with Gasteiger partial charge in [0.25, 0.3) is 5.91 Å². The smallest absolute Gasteiger partial charge is 0.266 e. The Morgan fingerprint density at radius 1 is 0.939 bits per heavy atom. The average Bonchev–Trinajstić information content (AvgIpc) is 3.12. The zero-order valence-electron chi connectivity index (χ0n) is 18.3. The molecular formula is C28H22BrN3O. The molecule has 0 aliphatic heterocycles. The minimum absolute atomic E-state index is 0.0533. The number of rotatable bonds is 5. The van der Waals surface area contributed by atoms with Crippen molar-refractivity contribution in [1.82, 2.24) is 4.57 Å². The van der Waals surface area contributed by atoms with Gasteiger partial charge >= 0.3 is 0 Å². The van der Waals surface area contributed by atoms with Crippen LogP contribution in [0.3, 0.4) is 0 Å². The van der Waals surface area contributed by atoms with Crippen molar-refractivity contribution in [2.45, 2.75) is 13.8 Å². The molecule has 0 unspecified atom stereocenters. The number of carbonyl (C=O) groups excluding carboxylic acids is 1. The second-order valence-corrected chi connectivity index (χ2v) is 8.62. The van der Waals surface area contributed by atoms with E-state index in [0.29, 0.717) is 5.69 Å². The zero-order valence-corrected chi connectivity index (χ0v) is 19.9. The van der Waals surface area contributed by atoms with Crippen LogP contribution in [0.15, 0.2) is 95.0 Å². The van der Waals surface area contributed by atoms with Crippen LogP contribution in [0.1, 0.15) is 17.0 Å². The average molecular weight is 496 g/mol. The number of nitriles is 1. The zero-order chi connectivity index (χ0) is 23.4. The summed E-state index contributed by atoms with van der Waals surface area (Å²) >= 11 is 3.37. The molecule has 1 N–H and O–H groups in total. The molecule has 0 spiro atoms. The number of carbonyl (C=O) groups is 1. The molecule has 33 heavy (non-hydrogen) atoms. The number of aryl methyl sites for hydroxylation is 1. The number of nitrogens with one attached hydrogen (secondary N) is 1. The molecule has 0 saturated carbocycles. The lowest BCUT2D eigenvalue weighted by atomic mass is 10.1. The van der Waals surface area contributed by atoms with Gasteiger partial charge in [-0.15, -0.1) is 0 Å².